The van der Waals surface area contributed by atoms with Crippen molar-refractivity contribution in [3.63, 3.8) is 0 Å². The molecule has 1 atom stereocenters. The van der Waals surface area contributed by atoms with Crippen molar-refractivity contribution < 1.29 is 15.3 Å². The topological polar surface area (TPSA) is 60.7 Å². The first kappa shape index (κ1) is 10.7. The Balaban J connectivity index is 3.07. The molecule has 1 unspecified atom stereocenters. The van der Waals surface area contributed by atoms with Gasteiger partial charge in [0.2, 0.25) is 0 Å². The molecule has 1 aromatic rings. The monoisotopic (exact) mass is 196 g/mol. The zero-order valence-corrected chi connectivity index (χ0v) is 8.49. The third-order valence-corrected chi connectivity index (χ3v) is 2.34. The molecule has 0 bridgehead atoms. The van der Waals surface area contributed by atoms with Crippen LogP contribution < -0.4 is 0 Å². The van der Waals surface area contributed by atoms with Crippen LogP contribution >= 0.6 is 0 Å². The van der Waals surface area contributed by atoms with Gasteiger partial charge in [0.1, 0.15) is 17.2 Å². The molecule has 14 heavy (non-hydrogen) atoms. The van der Waals surface area contributed by atoms with Crippen LogP contribution in [0.5, 0.6) is 17.2 Å². The molecule has 0 saturated heterocycles. The lowest BCUT2D eigenvalue weighted by Gasteiger charge is -2.14. The summed E-state index contributed by atoms with van der Waals surface area (Å²) < 4.78 is 0. The summed E-state index contributed by atoms with van der Waals surface area (Å²) in [6, 6.07) is 2.50. The summed E-state index contributed by atoms with van der Waals surface area (Å²) in [6.45, 7) is 3.99. The van der Waals surface area contributed by atoms with E-state index in [4.69, 9.17) is 5.11 Å². The lowest BCUT2D eigenvalue weighted by molar-refractivity contribution is 0.411. The van der Waals surface area contributed by atoms with Crippen LogP contribution in [0.3, 0.4) is 0 Å². The maximum absolute atomic E-state index is 9.55. The summed E-state index contributed by atoms with van der Waals surface area (Å²) in [7, 11) is 0. The van der Waals surface area contributed by atoms with Crippen LogP contribution in [0, 0.1) is 0 Å². The molecule has 3 heteroatoms. The van der Waals surface area contributed by atoms with Crippen LogP contribution in [-0.2, 0) is 0 Å². The molecule has 0 amide bonds. The number of rotatable bonds is 3. The average molecular weight is 196 g/mol. The van der Waals surface area contributed by atoms with Crippen LogP contribution in [0.4, 0.5) is 0 Å². The van der Waals surface area contributed by atoms with Crippen molar-refractivity contribution in [1.29, 1.82) is 0 Å². The van der Waals surface area contributed by atoms with E-state index >= 15 is 0 Å². The largest absolute Gasteiger partial charge is 0.508 e. The lowest BCUT2D eigenvalue weighted by Crippen LogP contribution is -1.94. The standard InChI is InChI=1S/C11H16O3/c1-3-4-7(2)11-9(13)5-8(12)6-10(11)14/h5-7,12-14H,3-4H2,1-2H3. The van der Waals surface area contributed by atoms with E-state index in [0.29, 0.717) is 5.56 Å². The van der Waals surface area contributed by atoms with E-state index in [9.17, 15) is 10.2 Å². The fourth-order valence-corrected chi connectivity index (χ4v) is 1.69. The van der Waals surface area contributed by atoms with E-state index in [-0.39, 0.29) is 23.2 Å². The molecule has 1 rings (SSSR count). The Bertz CT molecular complexity index is 297. The first-order valence-corrected chi connectivity index (χ1v) is 4.81. The second-order valence-corrected chi connectivity index (χ2v) is 3.59. The van der Waals surface area contributed by atoms with Crippen LogP contribution in [0.25, 0.3) is 0 Å². The van der Waals surface area contributed by atoms with Crippen molar-refractivity contribution in [2.45, 2.75) is 32.6 Å². The van der Waals surface area contributed by atoms with E-state index in [0.717, 1.165) is 12.8 Å². The Kier molecular flexibility index (Phi) is 3.23. The van der Waals surface area contributed by atoms with Gasteiger partial charge >= 0.3 is 0 Å². The van der Waals surface area contributed by atoms with Crippen molar-refractivity contribution in [1.82, 2.24) is 0 Å². The van der Waals surface area contributed by atoms with Crippen LogP contribution in [0.15, 0.2) is 12.1 Å². The van der Waals surface area contributed by atoms with Gasteiger partial charge in [0, 0.05) is 17.7 Å². The fraction of sp³-hybridized carbons (Fsp3) is 0.455. The Labute approximate surface area is 83.6 Å². The number of hydrogen-bond acceptors (Lipinski definition) is 3. The van der Waals surface area contributed by atoms with E-state index in [2.05, 4.69) is 0 Å². The van der Waals surface area contributed by atoms with Gasteiger partial charge in [0.05, 0.1) is 0 Å². The van der Waals surface area contributed by atoms with Crippen molar-refractivity contribution in [3.8, 4) is 17.2 Å². The van der Waals surface area contributed by atoms with Crippen LogP contribution in [0.2, 0.25) is 0 Å². The van der Waals surface area contributed by atoms with E-state index < -0.39 is 0 Å². The summed E-state index contributed by atoms with van der Waals surface area (Å²) in [6.07, 6.45) is 1.88. The van der Waals surface area contributed by atoms with Crippen LogP contribution in [-0.4, -0.2) is 15.3 Å². The summed E-state index contributed by atoms with van der Waals surface area (Å²) in [4.78, 5) is 0. The Morgan fingerprint density at radius 1 is 1.14 bits per heavy atom. The molecule has 0 radical (unpaired) electrons. The van der Waals surface area contributed by atoms with Gasteiger partial charge in [-0.25, -0.2) is 0 Å². The number of benzene rings is 1. The van der Waals surface area contributed by atoms with Gasteiger partial charge in [-0.05, 0) is 12.3 Å². The van der Waals surface area contributed by atoms with Gasteiger partial charge in [0.15, 0.2) is 0 Å². The van der Waals surface area contributed by atoms with E-state index in [1.54, 1.807) is 0 Å². The number of phenols is 3. The maximum atomic E-state index is 9.55. The number of hydrogen-bond donors (Lipinski definition) is 3. The first-order chi connectivity index (χ1) is 6.56. The summed E-state index contributed by atoms with van der Waals surface area (Å²) in [5, 5.41) is 28.2. The van der Waals surface area contributed by atoms with Crippen molar-refractivity contribution in [2.75, 3.05) is 0 Å². The highest BCUT2D eigenvalue weighted by Crippen LogP contribution is 2.38. The SMILES string of the molecule is CCCC(C)c1c(O)cc(O)cc1O. The molecule has 78 valence electrons. The highest BCUT2D eigenvalue weighted by Gasteiger charge is 2.15. The zero-order chi connectivity index (χ0) is 10.7. The Hall–Kier alpha value is -1.38. The average Bonchev–Trinajstić information content (AvgIpc) is 2.01. The smallest absolute Gasteiger partial charge is 0.126 e. The molecule has 0 heterocycles. The molecule has 0 spiro atoms. The van der Waals surface area contributed by atoms with Gasteiger partial charge in [-0.15, -0.1) is 0 Å². The predicted octanol–water partition coefficient (Wildman–Crippen LogP) is 2.71. The molecule has 0 aliphatic heterocycles. The quantitative estimate of drug-likeness (QED) is 0.696. The maximum Gasteiger partial charge on any atom is 0.126 e. The summed E-state index contributed by atoms with van der Waals surface area (Å²) >= 11 is 0. The van der Waals surface area contributed by atoms with Gasteiger partial charge in [0.25, 0.3) is 0 Å². The normalized spacial score (nSPS) is 12.7. The van der Waals surface area contributed by atoms with E-state index in [1.165, 1.54) is 12.1 Å². The summed E-state index contributed by atoms with van der Waals surface area (Å²) in [5.41, 5.74) is 0.518. The molecule has 0 aromatic heterocycles. The number of aromatic hydroxyl groups is 3. The van der Waals surface area contributed by atoms with Crippen molar-refractivity contribution in [2.24, 2.45) is 0 Å². The molecule has 0 aliphatic carbocycles. The predicted molar refractivity (Wildman–Crippen MR) is 54.8 cm³/mol. The number of phenolic OH excluding ortho intramolecular Hbond substituents is 3. The molecule has 0 fully saturated rings. The van der Waals surface area contributed by atoms with Gasteiger partial charge in [-0.3, -0.25) is 0 Å². The third kappa shape index (κ3) is 2.10. The molecule has 1 aromatic carbocycles. The molecule has 3 N–H and O–H groups in total. The zero-order valence-electron chi connectivity index (χ0n) is 8.49. The second-order valence-electron chi connectivity index (χ2n) is 3.59. The van der Waals surface area contributed by atoms with E-state index in [1.807, 2.05) is 13.8 Å². The second kappa shape index (κ2) is 4.22. The van der Waals surface area contributed by atoms with Crippen LogP contribution in [0.1, 0.15) is 38.2 Å². The van der Waals surface area contributed by atoms with Crippen molar-refractivity contribution >= 4 is 0 Å². The molecular weight excluding hydrogens is 180 g/mol. The Morgan fingerprint density at radius 2 is 1.64 bits per heavy atom. The molecule has 0 aliphatic rings. The highest BCUT2D eigenvalue weighted by molar-refractivity contribution is 5.50. The van der Waals surface area contributed by atoms with Gasteiger partial charge in [-0.1, -0.05) is 20.3 Å². The minimum Gasteiger partial charge on any atom is -0.508 e. The van der Waals surface area contributed by atoms with Gasteiger partial charge < -0.3 is 15.3 Å². The minimum absolute atomic E-state index is 0.0385. The first-order valence-electron chi connectivity index (χ1n) is 4.81. The molecule has 3 nitrogen and oxygen atoms in total. The Morgan fingerprint density at radius 3 is 2.07 bits per heavy atom. The summed E-state index contributed by atoms with van der Waals surface area (Å²) in [5.74, 6) is -0.0973. The van der Waals surface area contributed by atoms with Crippen molar-refractivity contribution in [3.05, 3.63) is 17.7 Å². The lowest BCUT2D eigenvalue weighted by atomic mass is 9.94. The molecular formula is C11H16O3. The third-order valence-electron chi connectivity index (χ3n) is 2.34. The highest BCUT2D eigenvalue weighted by atomic mass is 16.3. The minimum atomic E-state index is -0.118. The fourth-order valence-electron chi connectivity index (χ4n) is 1.69. The van der Waals surface area contributed by atoms with Gasteiger partial charge in [-0.2, -0.15) is 0 Å². The molecule has 0 saturated carbocycles.